The summed E-state index contributed by atoms with van der Waals surface area (Å²) in [7, 11) is 1.65. The van der Waals surface area contributed by atoms with Crippen molar-refractivity contribution in [3.63, 3.8) is 0 Å². The summed E-state index contributed by atoms with van der Waals surface area (Å²) >= 11 is 13.2. The lowest BCUT2D eigenvalue weighted by Gasteiger charge is -2.55. The first-order valence-corrected chi connectivity index (χ1v) is 8.94. The Balaban J connectivity index is 1.60. The molecule has 1 nitrogen and oxygen atoms in total. The second-order valence-corrected chi connectivity index (χ2v) is 8.18. The zero-order valence-corrected chi connectivity index (χ0v) is 13.9. The van der Waals surface area contributed by atoms with E-state index in [1.54, 1.807) is 7.11 Å². The maximum absolute atomic E-state index is 6.92. The Morgan fingerprint density at radius 1 is 1.05 bits per heavy atom. The number of ether oxygens (including phenoxy) is 1. The summed E-state index contributed by atoms with van der Waals surface area (Å²) in [5.74, 6) is 5.03. The third-order valence-corrected chi connectivity index (χ3v) is 6.97. The molecule has 4 aliphatic carbocycles. The van der Waals surface area contributed by atoms with Gasteiger partial charge in [0.2, 0.25) is 0 Å². The van der Waals surface area contributed by atoms with E-state index >= 15 is 0 Å². The van der Waals surface area contributed by atoms with Crippen LogP contribution in [0.5, 0.6) is 5.75 Å². The van der Waals surface area contributed by atoms with Crippen LogP contribution in [-0.4, -0.2) is 7.11 Å². The van der Waals surface area contributed by atoms with Gasteiger partial charge in [-0.2, -0.15) is 0 Å². The Morgan fingerprint density at radius 3 is 2.19 bits per heavy atom. The predicted molar refractivity (Wildman–Crippen MR) is 87.1 cm³/mol. The number of alkyl halides is 1. The highest BCUT2D eigenvalue weighted by Crippen LogP contribution is 2.60. The van der Waals surface area contributed by atoms with Crippen LogP contribution in [0.3, 0.4) is 0 Å². The molecule has 21 heavy (non-hydrogen) atoms. The summed E-state index contributed by atoms with van der Waals surface area (Å²) in [5.41, 5.74) is 1.17. The van der Waals surface area contributed by atoms with E-state index < -0.39 is 0 Å². The number of hydrogen-bond donors (Lipinski definition) is 0. The first-order chi connectivity index (χ1) is 10.2. The number of methoxy groups -OCH3 is 1. The fourth-order valence-corrected chi connectivity index (χ4v) is 6.33. The van der Waals surface area contributed by atoms with Crippen molar-refractivity contribution in [3.8, 4) is 5.75 Å². The molecule has 1 atom stereocenters. The van der Waals surface area contributed by atoms with E-state index in [4.69, 9.17) is 27.9 Å². The van der Waals surface area contributed by atoms with E-state index in [1.165, 1.54) is 37.7 Å². The smallest absolute Gasteiger partial charge is 0.137 e. The first kappa shape index (κ1) is 14.2. The number of halogens is 2. The number of rotatable bonds is 3. The van der Waals surface area contributed by atoms with Gasteiger partial charge in [0, 0.05) is 0 Å². The molecule has 4 saturated carbocycles. The monoisotopic (exact) mass is 324 g/mol. The van der Waals surface area contributed by atoms with Gasteiger partial charge in [-0.1, -0.05) is 17.7 Å². The number of benzene rings is 1. The van der Waals surface area contributed by atoms with Crippen molar-refractivity contribution in [3.05, 3.63) is 28.8 Å². The molecule has 1 aromatic carbocycles. The van der Waals surface area contributed by atoms with Crippen LogP contribution in [0.15, 0.2) is 18.2 Å². The molecule has 0 saturated heterocycles. The van der Waals surface area contributed by atoms with Crippen LogP contribution in [0.4, 0.5) is 0 Å². The van der Waals surface area contributed by atoms with Crippen LogP contribution in [0.2, 0.25) is 5.02 Å². The van der Waals surface area contributed by atoms with Crippen LogP contribution in [0.1, 0.15) is 43.0 Å². The molecule has 4 bridgehead atoms. The van der Waals surface area contributed by atoms with Crippen LogP contribution >= 0.6 is 23.2 Å². The molecule has 0 aliphatic heterocycles. The van der Waals surface area contributed by atoms with Gasteiger partial charge in [0.05, 0.1) is 17.5 Å². The second kappa shape index (κ2) is 5.35. The van der Waals surface area contributed by atoms with Gasteiger partial charge in [-0.3, -0.25) is 0 Å². The van der Waals surface area contributed by atoms with Crippen molar-refractivity contribution < 1.29 is 4.74 Å². The molecule has 1 aromatic rings. The fourth-order valence-electron chi connectivity index (χ4n) is 5.52. The molecule has 0 aromatic heterocycles. The Hall–Kier alpha value is -0.400. The molecule has 0 spiro atoms. The molecule has 0 heterocycles. The van der Waals surface area contributed by atoms with Crippen LogP contribution < -0.4 is 4.74 Å². The van der Waals surface area contributed by atoms with Gasteiger partial charge in [0.15, 0.2) is 0 Å². The summed E-state index contributed by atoms with van der Waals surface area (Å²) in [4.78, 5) is 0. The molecule has 114 valence electrons. The zero-order valence-electron chi connectivity index (χ0n) is 12.4. The molecule has 0 N–H and O–H groups in total. The zero-order chi connectivity index (χ0) is 14.6. The van der Waals surface area contributed by atoms with Crippen LogP contribution in [0, 0.1) is 29.6 Å². The molecule has 4 aliphatic rings. The lowest BCUT2D eigenvalue weighted by Crippen LogP contribution is -2.46. The van der Waals surface area contributed by atoms with Gasteiger partial charge in [0.1, 0.15) is 5.75 Å². The van der Waals surface area contributed by atoms with Crippen molar-refractivity contribution >= 4 is 23.2 Å². The molecule has 3 heteroatoms. The quantitative estimate of drug-likeness (QED) is 0.648. The molecule has 0 amide bonds. The topological polar surface area (TPSA) is 9.23 Å². The summed E-state index contributed by atoms with van der Waals surface area (Å²) in [6, 6.07) is 6.04. The maximum Gasteiger partial charge on any atom is 0.137 e. The summed E-state index contributed by atoms with van der Waals surface area (Å²) in [5, 5.41) is 0.771. The minimum atomic E-state index is 0.100. The highest BCUT2D eigenvalue weighted by Gasteiger charge is 2.50. The van der Waals surface area contributed by atoms with E-state index in [-0.39, 0.29) is 5.38 Å². The van der Waals surface area contributed by atoms with Crippen molar-refractivity contribution in [2.75, 3.05) is 7.11 Å². The number of hydrogen-bond acceptors (Lipinski definition) is 1. The van der Waals surface area contributed by atoms with E-state index in [0.717, 1.165) is 29.4 Å². The summed E-state index contributed by atoms with van der Waals surface area (Å²) < 4.78 is 5.24. The Bertz CT molecular complexity index is 514. The molecule has 5 rings (SSSR count). The summed E-state index contributed by atoms with van der Waals surface area (Å²) in [6.07, 6.45) is 7.12. The van der Waals surface area contributed by atoms with Crippen molar-refractivity contribution in [2.45, 2.75) is 37.5 Å². The lowest BCUT2D eigenvalue weighted by atomic mass is 9.51. The molecule has 1 unspecified atom stereocenters. The Morgan fingerprint density at radius 2 is 1.67 bits per heavy atom. The highest BCUT2D eigenvalue weighted by atomic mass is 35.5. The van der Waals surface area contributed by atoms with Crippen molar-refractivity contribution in [1.29, 1.82) is 0 Å². The fraction of sp³-hybridized carbons (Fsp3) is 0.667. The normalized spacial score (nSPS) is 38.5. The lowest BCUT2D eigenvalue weighted by molar-refractivity contribution is -0.0381. The largest absolute Gasteiger partial charge is 0.495 e. The third kappa shape index (κ3) is 2.37. The minimum Gasteiger partial charge on any atom is -0.495 e. The van der Waals surface area contributed by atoms with Gasteiger partial charge in [0.25, 0.3) is 0 Å². The predicted octanol–water partition coefficient (Wildman–Crippen LogP) is 5.70. The van der Waals surface area contributed by atoms with E-state index in [9.17, 15) is 0 Å². The Kier molecular flexibility index (Phi) is 3.62. The van der Waals surface area contributed by atoms with Crippen molar-refractivity contribution in [1.82, 2.24) is 0 Å². The van der Waals surface area contributed by atoms with Crippen LogP contribution in [-0.2, 0) is 0 Å². The molecule has 4 fully saturated rings. The van der Waals surface area contributed by atoms with E-state index in [2.05, 4.69) is 6.07 Å². The second-order valence-electron chi connectivity index (χ2n) is 7.30. The Labute approximate surface area is 137 Å². The third-order valence-electron chi connectivity index (χ3n) is 6.13. The summed E-state index contributed by atoms with van der Waals surface area (Å²) in [6.45, 7) is 0. The van der Waals surface area contributed by atoms with Gasteiger partial charge in [-0.25, -0.2) is 0 Å². The standard InChI is InChI=1S/C18H22Cl2O/c1-21-16-3-2-12(9-15(16)19)18(20)17-13-5-10-4-11(7-13)8-14(17)6-10/h2-3,9-11,13-14,17-18H,4-8H2,1H3. The van der Waals surface area contributed by atoms with E-state index in [1.807, 2.05) is 12.1 Å². The van der Waals surface area contributed by atoms with Gasteiger partial charge in [-0.15, -0.1) is 11.6 Å². The minimum absolute atomic E-state index is 0.100. The molecular formula is C18H22Cl2O. The average Bonchev–Trinajstić information content (AvgIpc) is 2.45. The molecule has 0 radical (unpaired) electrons. The molecular weight excluding hydrogens is 303 g/mol. The maximum atomic E-state index is 6.92. The van der Waals surface area contributed by atoms with Gasteiger partial charge < -0.3 is 4.74 Å². The van der Waals surface area contributed by atoms with Crippen LogP contribution in [0.25, 0.3) is 0 Å². The van der Waals surface area contributed by atoms with Gasteiger partial charge in [-0.05, 0) is 79.4 Å². The highest BCUT2D eigenvalue weighted by molar-refractivity contribution is 6.32. The van der Waals surface area contributed by atoms with Crippen molar-refractivity contribution in [2.24, 2.45) is 29.6 Å². The average molecular weight is 325 g/mol. The SMILES string of the molecule is COc1ccc(C(Cl)C2C3CC4CC(C3)CC2C4)cc1Cl. The van der Waals surface area contributed by atoms with Gasteiger partial charge >= 0.3 is 0 Å². The van der Waals surface area contributed by atoms with E-state index in [0.29, 0.717) is 10.9 Å². The first-order valence-electron chi connectivity index (χ1n) is 8.13.